The molecule has 1 N–H and O–H groups in total. The second kappa shape index (κ2) is 7.33. The molecule has 0 aliphatic heterocycles. The number of carbonyl (C=O) groups is 1. The van der Waals surface area contributed by atoms with Crippen molar-refractivity contribution in [2.24, 2.45) is 5.41 Å². The molecule has 2 atom stereocenters. The molecule has 0 bridgehead atoms. The molecule has 1 rings (SSSR count). The Hall–Kier alpha value is -1.61. The zero-order chi connectivity index (χ0) is 19.6. The van der Waals surface area contributed by atoms with Crippen LogP contribution in [0, 0.1) is 5.41 Å². The summed E-state index contributed by atoms with van der Waals surface area (Å²) in [5.41, 5.74) is 0.711. The van der Waals surface area contributed by atoms with Gasteiger partial charge in [-0.2, -0.15) is 21.6 Å². The van der Waals surface area contributed by atoms with E-state index < -0.39 is 34.1 Å². The second-order valence-corrected chi connectivity index (χ2v) is 8.39. The third-order valence-electron chi connectivity index (χ3n) is 3.92. The zero-order valence-electron chi connectivity index (χ0n) is 14.3. The molecule has 0 aliphatic rings. The van der Waals surface area contributed by atoms with Crippen molar-refractivity contribution in [3.63, 3.8) is 0 Å². The fourth-order valence-corrected chi connectivity index (χ4v) is 2.63. The quantitative estimate of drug-likeness (QED) is 0.619. The van der Waals surface area contributed by atoms with E-state index in [0.29, 0.717) is 0 Å². The second-order valence-electron chi connectivity index (χ2n) is 6.89. The number of hydrogen-bond donors (Lipinski definition) is 1. The van der Waals surface area contributed by atoms with Crippen molar-refractivity contribution in [1.29, 1.82) is 0 Å². The first-order valence-corrected chi connectivity index (χ1v) is 9.05. The molecule has 9 heteroatoms. The Labute approximate surface area is 144 Å². The van der Waals surface area contributed by atoms with Gasteiger partial charge in [0.05, 0.1) is 5.56 Å². The molecule has 25 heavy (non-hydrogen) atoms. The Morgan fingerprint density at radius 1 is 1.16 bits per heavy atom. The molecule has 0 heterocycles. The lowest BCUT2D eigenvalue weighted by molar-refractivity contribution is -0.197. The van der Waals surface area contributed by atoms with Gasteiger partial charge in [0.15, 0.2) is 0 Å². The third kappa shape index (κ3) is 6.66. The van der Waals surface area contributed by atoms with Gasteiger partial charge in [-0.1, -0.05) is 39.8 Å². The van der Waals surface area contributed by atoms with Crippen LogP contribution in [0.15, 0.2) is 24.3 Å². The van der Waals surface area contributed by atoms with Gasteiger partial charge >= 0.3 is 12.1 Å². The smallest absolute Gasteiger partial charge is 0.426 e. The van der Waals surface area contributed by atoms with Crippen LogP contribution in [0.2, 0.25) is 0 Å². The van der Waals surface area contributed by atoms with Crippen LogP contribution in [0.25, 0.3) is 0 Å². The first-order valence-electron chi connectivity index (χ1n) is 7.44. The summed E-state index contributed by atoms with van der Waals surface area (Å²) in [6.45, 7) is 8.08. The monoisotopic (exact) mass is 382 g/mol. The molecular formula is C16H21F3O5S. The summed E-state index contributed by atoms with van der Waals surface area (Å²) in [5.74, 6) is -2.93. The lowest BCUT2D eigenvalue weighted by Crippen LogP contribution is -2.39. The minimum atomic E-state index is -5.12. The summed E-state index contributed by atoms with van der Waals surface area (Å²) in [4.78, 5) is 11.9. The Morgan fingerprint density at radius 2 is 1.64 bits per heavy atom. The number of carbonyl (C=O) groups excluding carboxylic acids is 1. The Balaban J connectivity index is 2.95. The molecule has 0 saturated heterocycles. The summed E-state index contributed by atoms with van der Waals surface area (Å²) in [7, 11) is -4.97. The van der Waals surface area contributed by atoms with E-state index in [1.165, 1.54) is 12.1 Å². The maximum atomic E-state index is 12.8. The van der Waals surface area contributed by atoms with Crippen LogP contribution in [0.1, 0.15) is 49.5 Å². The number of halogens is 3. The average Bonchev–Trinajstić information content (AvgIpc) is 2.42. The van der Waals surface area contributed by atoms with E-state index in [-0.39, 0.29) is 16.9 Å². The van der Waals surface area contributed by atoms with E-state index in [4.69, 9.17) is 4.55 Å². The SMILES string of the molecule is CC(c1ccc(C(=O)OC(CS(=O)(=O)O)C(F)(F)F)cc1)C(C)(C)C. The summed E-state index contributed by atoms with van der Waals surface area (Å²) in [5, 5.41) is 0. The summed E-state index contributed by atoms with van der Waals surface area (Å²) >= 11 is 0. The number of ether oxygens (including phenoxy) is 1. The van der Waals surface area contributed by atoms with Crippen molar-refractivity contribution < 1.29 is 35.7 Å². The van der Waals surface area contributed by atoms with Crippen LogP contribution < -0.4 is 0 Å². The average molecular weight is 382 g/mol. The van der Waals surface area contributed by atoms with Crippen molar-refractivity contribution in [3.05, 3.63) is 35.4 Å². The molecule has 0 saturated carbocycles. The van der Waals surface area contributed by atoms with Gasteiger partial charge in [-0.15, -0.1) is 0 Å². The van der Waals surface area contributed by atoms with Gasteiger partial charge < -0.3 is 4.74 Å². The predicted octanol–water partition coefficient (Wildman–Crippen LogP) is 3.81. The van der Waals surface area contributed by atoms with Crippen LogP contribution in [0.4, 0.5) is 13.2 Å². The fraction of sp³-hybridized carbons (Fsp3) is 0.562. The van der Waals surface area contributed by atoms with Gasteiger partial charge in [0.1, 0.15) is 5.75 Å². The van der Waals surface area contributed by atoms with Crippen LogP contribution in [0.3, 0.4) is 0 Å². The number of alkyl halides is 3. The van der Waals surface area contributed by atoms with E-state index in [1.54, 1.807) is 12.1 Å². The van der Waals surface area contributed by atoms with Gasteiger partial charge in [-0.25, -0.2) is 4.79 Å². The van der Waals surface area contributed by atoms with Gasteiger partial charge in [0.25, 0.3) is 10.1 Å². The molecule has 0 spiro atoms. The molecule has 0 radical (unpaired) electrons. The summed E-state index contributed by atoms with van der Waals surface area (Å²) in [6, 6.07) is 5.86. The molecular weight excluding hydrogens is 361 g/mol. The highest BCUT2D eigenvalue weighted by Crippen LogP contribution is 2.34. The minimum absolute atomic E-state index is 0.0428. The van der Waals surface area contributed by atoms with Crippen LogP contribution in [-0.4, -0.2) is 37.0 Å². The van der Waals surface area contributed by atoms with Crippen molar-refractivity contribution in [3.8, 4) is 0 Å². The lowest BCUT2D eigenvalue weighted by Gasteiger charge is -2.27. The van der Waals surface area contributed by atoms with Crippen LogP contribution in [-0.2, 0) is 14.9 Å². The molecule has 5 nitrogen and oxygen atoms in total. The number of esters is 1. The Morgan fingerprint density at radius 3 is 2.00 bits per heavy atom. The highest BCUT2D eigenvalue weighted by atomic mass is 32.2. The summed E-state index contributed by atoms with van der Waals surface area (Å²) < 4.78 is 72.5. The van der Waals surface area contributed by atoms with E-state index in [2.05, 4.69) is 4.74 Å². The highest BCUT2D eigenvalue weighted by molar-refractivity contribution is 7.85. The maximum Gasteiger partial charge on any atom is 0.426 e. The number of benzene rings is 1. The molecule has 0 aromatic heterocycles. The molecule has 142 valence electrons. The molecule has 0 amide bonds. The van der Waals surface area contributed by atoms with Crippen molar-refractivity contribution in [2.75, 3.05) is 5.75 Å². The topological polar surface area (TPSA) is 80.7 Å². The van der Waals surface area contributed by atoms with E-state index in [9.17, 15) is 26.4 Å². The largest absolute Gasteiger partial charge is 0.448 e. The molecule has 0 fully saturated rings. The van der Waals surface area contributed by atoms with Crippen molar-refractivity contribution in [1.82, 2.24) is 0 Å². The normalized spacial score (nSPS) is 15.5. The van der Waals surface area contributed by atoms with E-state index >= 15 is 0 Å². The molecule has 2 unspecified atom stereocenters. The third-order valence-corrected chi connectivity index (χ3v) is 4.65. The van der Waals surface area contributed by atoms with E-state index in [0.717, 1.165) is 5.56 Å². The number of hydrogen-bond acceptors (Lipinski definition) is 4. The molecule has 1 aromatic rings. The standard InChI is InChI=1S/C16H21F3O5S/c1-10(15(2,3)4)11-5-7-12(8-6-11)14(20)24-13(16(17,18)19)9-25(21,22)23/h5-8,10,13H,9H2,1-4H3,(H,21,22,23). The number of rotatable bonds is 5. The minimum Gasteiger partial charge on any atom is -0.448 e. The predicted molar refractivity (Wildman–Crippen MR) is 86.0 cm³/mol. The van der Waals surface area contributed by atoms with Crippen molar-refractivity contribution in [2.45, 2.75) is 45.9 Å². The zero-order valence-corrected chi connectivity index (χ0v) is 15.1. The Kier molecular flexibility index (Phi) is 6.28. The summed E-state index contributed by atoms with van der Waals surface area (Å²) in [6.07, 6.45) is -8.06. The van der Waals surface area contributed by atoms with Crippen LogP contribution >= 0.6 is 0 Å². The van der Waals surface area contributed by atoms with Crippen molar-refractivity contribution >= 4 is 16.1 Å². The first-order chi connectivity index (χ1) is 11.1. The lowest BCUT2D eigenvalue weighted by atomic mass is 9.78. The van der Waals surface area contributed by atoms with Gasteiger partial charge in [-0.05, 0) is 29.0 Å². The fourth-order valence-electron chi connectivity index (χ4n) is 1.99. The maximum absolute atomic E-state index is 12.8. The van der Waals surface area contributed by atoms with Crippen LogP contribution in [0.5, 0.6) is 0 Å². The highest BCUT2D eigenvalue weighted by Gasteiger charge is 2.45. The van der Waals surface area contributed by atoms with E-state index in [1.807, 2.05) is 27.7 Å². The van der Waals surface area contributed by atoms with Gasteiger partial charge in [0.2, 0.25) is 6.10 Å². The molecule has 1 aromatic carbocycles. The molecule has 0 aliphatic carbocycles. The van der Waals surface area contributed by atoms with Gasteiger partial charge in [-0.3, -0.25) is 4.55 Å². The first kappa shape index (κ1) is 21.4. The van der Waals surface area contributed by atoms with Gasteiger partial charge in [0, 0.05) is 0 Å². The Bertz CT molecular complexity index is 703.